The summed E-state index contributed by atoms with van der Waals surface area (Å²) in [4.78, 5) is 0.262. The average Bonchev–Trinajstić information content (AvgIpc) is 3.21. The zero-order valence-corrected chi connectivity index (χ0v) is 12.3. The summed E-state index contributed by atoms with van der Waals surface area (Å²) in [7, 11) is -3.49. The van der Waals surface area contributed by atoms with Crippen LogP contribution in [0.4, 0.5) is 0 Å². The van der Waals surface area contributed by atoms with Crippen molar-refractivity contribution in [3.8, 4) is 11.8 Å². The van der Waals surface area contributed by atoms with Crippen molar-refractivity contribution in [1.82, 2.24) is 4.72 Å². The molecule has 2 N–H and O–H groups in total. The molecule has 1 aromatic carbocycles. The Labute approximate surface area is 120 Å². The van der Waals surface area contributed by atoms with E-state index in [1.54, 1.807) is 25.1 Å². The number of hydrogen-bond donors (Lipinski definition) is 2. The summed E-state index contributed by atoms with van der Waals surface area (Å²) >= 11 is 0. The SMILES string of the molecule is Cc1ccc(C#CCO)cc1S(=O)(=O)NCCC1CC1. The molecule has 1 saturated carbocycles. The standard InChI is InChI=1S/C15H19NO3S/c1-12-4-5-14(3-2-10-17)11-15(12)20(18,19)16-9-8-13-6-7-13/h4-5,11,13,16-17H,6-10H2,1H3. The molecule has 0 heterocycles. The molecular weight excluding hydrogens is 274 g/mol. The molecule has 1 fully saturated rings. The first-order chi connectivity index (χ1) is 9.53. The molecule has 0 aliphatic heterocycles. The van der Waals surface area contributed by atoms with Crippen molar-refractivity contribution in [3.63, 3.8) is 0 Å². The predicted octanol–water partition coefficient (Wildman–Crippen LogP) is 1.42. The summed E-state index contributed by atoms with van der Waals surface area (Å²) in [6.07, 6.45) is 3.34. The van der Waals surface area contributed by atoms with E-state index in [0.717, 1.165) is 6.42 Å². The lowest BCUT2D eigenvalue weighted by Crippen LogP contribution is -2.25. The first-order valence-corrected chi connectivity index (χ1v) is 8.21. The molecule has 0 amide bonds. The van der Waals surface area contributed by atoms with Gasteiger partial charge in [-0.1, -0.05) is 30.7 Å². The molecule has 2 rings (SSSR count). The van der Waals surface area contributed by atoms with Crippen molar-refractivity contribution >= 4 is 10.0 Å². The third-order valence-corrected chi connectivity index (χ3v) is 4.93. The van der Waals surface area contributed by atoms with Crippen LogP contribution >= 0.6 is 0 Å². The lowest BCUT2D eigenvalue weighted by molar-refractivity contribution is 0.350. The number of hydrogen-bond acceptors (Lipinski definition) is 3. The highest BCUT2D eigenvalue weighted by Crippen LogP contribution is 2.31. The molecule has 5 heteroatoms. The zero-order valence-electron chi connectivity index (χ0n) is 11.5. The van der Waals surface area contributed by atoms with E-state index in [2.05, 4.69) is 16.6 Å². The minimum Gasteiger partial charge on any atom is -0.384 e. The Morgan fingerprint density at radius 3 is 2.80 bits per heavy atom. The van der Waals surface area contributed by atoms with Gasteiger partial charge in [0, 0.05) is 12.1 Å². The van der Waals surface area contributed by atoms with Crippen LogP contribution in [-0.2, 0) is 10.0 Å². The molecule has 0 bridgehead atoms. The average molecular weight is 293 g/mol. The number of nitrogens with one attached hydrogen (secondary N) is 1. The molecule has 4 nitrogen and oxygen atoms in total. The van der Waals surface area contributed by atoms with Gasteiger partial charge in [-0.2, -0.15) is 0 Å². The molecule has 0 spiro atoms. The molecule has 0 unspecified atom stereocenters. The van der Waals surface area contributed by atoms with Gasteiger partial charge < -0.3 is 5.11 Å². The van der Waals surface area contributed by atoms with E-state index in [0.29, 0.717) is 23.6 Å². The molecule has 0 radical (unpaired) electrons. The quantitative estimate of drug-likeness (QED) is 0.807. The summed E-state index contributed by atoms with van der Waals surface area (Å²) in [5.74, 6) is 5.94. The van der Waals surface area contributed by atoms with Crippen molar-refractivity contribution in [1.29, 1.82) is 0 Å². The highest BCUT2D eigenvalue weighted by atomic mass is 32.2. The second kappa shape index (κ2) is 6.40. The van der Waals surface area contributed by atoms with Crippen LogP contribution < -0.4 is 4.72 Å². The molecule has 108 valence electrons. The maximum Gasteiger partial charge on any atom is 0.240 e. The van der Waals surface area contributed by atoms with Crippen LogP contribution in [0.2, 0.25) is 0 Å². The highest BCUT2D eigenvalue weighted by Gasteiger charge is 2.22. The Balaban J connectivity index is 2.15. The van der Waals surface area contributed by atoms with E-state index in [1.165, 1.54) is 12.8 Å². The van der Waals surface area contributed by atoms with Gasteiger partial charge in [0.25, 0.3) is 0 Å². The molecular formula is C15H19NO3S. The van der Waals surface area contributed by atoms with Gasteiger partial charge in [-0.05, 0) is 37.0 Å². The molecule has 1 aliphatic rings. The van der Waals surface area contributed by atoms with Crippen LogP contribution in [0.3, 0.4) is 0 Å². The summed E-state index contributed by atoms with van der Waals surface area (Å²) in [5.41, 5.74) is 1.28. The Morgan fingerprint density at radius 2 is 2.15 bits per heavy atom. The van der Waals surface area contributed by atoms with Crippen molar-refractivity contribution < 1.29 is 13.5 Å². The second-order valence-electron chi connectivity index (χ2n) is 5.07. The van der Waals surface area contributed by atoms with Gasteiger partial charge >= 0.3 is 0 Å². The lowest BCUT2D eigenvalue weighted by atomic mass is 10.1. The first-order valence-electron chi connectivity index (χ1n) is 6.73. The molecule has 0 saturated heterocycles. The number of benzene rings is 1. The van der Waals surface area contributed by atoms with Gasteiger partial charge in [0.1, 0.15) is 6.61 Å². The molecule has 20 heavy (non-hydrogen) atoms. The first kappa shape index (κ1) is 15.0. The van der Waals surface area contributed by atoms with Crippen molar-refractivity contribution in [2.24, 2.45) is 5.92 Å². The minimum atomic E-state index is -3.49. The fourth-order valence-corrected chi connectivity index (χ4v) is 3.31. The fraction of sp³-hybridized carbons (Fsp3) is 0.467. The van der Waals surface area contributed by atoms with Crippen LogP contribution in [-0.4, -0.2) is 26.7 Å². The normalized spacial score (nSPS) is 14.7. The summed E-state index contributed by atoms with van der Waals surface area (Å²) in [6.45, 7) is 2.01. The van der Waals surface area contributed by atoms with Crippen molar-refractivity contribution in [3.05, 3.63) is 29.3 Å². The maximum atomic E-state index is 12.3. The Hall–Kier alpha value is -1.35. The van der Waals surface area contributed by atoms with Crippen LogP contribution in [0.25, 0.3) is 0 Å². The predicted molar refractivity (Wildman–Crippen MR) is 77.7 cm³/mol. The number of sulfonamides is 1. The number of aryl methyl sites for hydroxylation is 1. The number of rotatable bonds is 5. The van der Waals surface area contributed by atoms with Gasteiger partial charge in [-0.25, -0.2) is 13.1 Å². The molecule has 1 aromatic rings. The van der Waals surface area contributed by atoms with Crippen LogP contribution in [0.5, 0.6) is 0 Å². The van der Waals surface area contributed by atoms with E-state index in [4.69, 9.17) is 5.11 Å². The Morgan fingerprint density at radius 1 is 1.40 bits per heavy atom. The topological polar surface area (TPSA) is 66.4 Å². The largest absolute Gasteiger partial charge is 0.384 e. The summed E-state index contributed by atoms with van der Waals surface area (Å²) < 4.78 is 27.2. The van der Waals surface area contributed by atoms with Gasteiger partial charge in [0.2, 0.25) is 10.0 Å². The van der Waals surface area contributed by atoms with Crippen molar-refractivity contribution in [2.45, 2.75) is 31.1 Å². The zero-order chi connectivity index (χ0) is 14.6. The molecule has 0 atom stereocenters. The Bertz CT molecular complexity index is 637. The summed E-state index contributed by atoms with van der Waals surface area (Å²) in [6, 6.07) is 5.04. The number of aliphatic hydroxyl groups excluding tert-OH is 1. The molecule has 1 aliphatic carbocycles. The van der Waals surface area contributed by atoms with E-state index in [-0.39, 0.29) is 11.5 Å². The van der Waals surface area contributed by atoms with E-state index < -0.39 is 10.0 Å². The van der Waals surface area contributed by atoms with Crippen molar-refractivity contribution in [2.75, 3.05) is 13.2 Å². The lowest BCUT2D eigenvalue weighted by Gasteiger charge is -2.09. The van der Waals surface area contributed by atoms with Crippen LogP contribution in [0, 0.1) is 24.7 Å². The smallest absolute Gasteiger partial charge is 0.240 e. The van der Waals surface area contributed by atoms with E-state index in [9.17, 15) is 8.42 Å². The van der Waals surface area contributed by atoms with Gasteiger partial charge in [-0.3, -0.25) is 0 Å². The van der Waals surface area contributed by atoms with Crippen LogP contribution in [0.1, 0.15) is 30.4 Å². The van der Waals surface area contributed by atoms with Gasteiger partial charge in [0.15, 0.2) is 0 Å². The van der Waals surface area contributed by atoms with E-state index >= 15 is 0 Å². The third-order valence-electron chi connectivity index (χ3n) is 3.33. The third kappa shape index (κ3) is 4.07. The minimum absolute atomic E-state index is 0.240. The molecule has 0 aromatic heterocycles. The van der Waals surface area contributed by atoms with Gasteiger partial charge in [-0.15, -0.1) is 0 Å². The van der Waals surface area contributed by atoms with E-state index in [1.807, 2.05) is 0 Å². The summed E-state index contributed by atoms with van der Waals surface area (Å²) in [5, 5.41) is 8.68. The second-order valence-corrected chi connectivity index (χ2v) is 6.81. The maximum absolute atomic E-state index is 12.3. The van der Waals surface area contributed by atoms with Gasteiger partial charge in [0.05, 0.1) is 4.90 Å². The Kier molecular flexibility index (Phi) is 4.81. The highest BCUT2D eigenvalue weighted by molar-refractivity contribution is 7.89. The monoisotopic (exact) mass is 293 g/mol. The van der Waals surface area contributed by atoms with Crippen LogP contribution in [0.15, 0.2) is 23.1 Å². The number of aliphatic hydroxyl groups is 1. The fourth-order valence-electron chi connectivity index (χ4n) is 1.99.